The third kappa shape index (κ3) is 6.84. The van der Waals surface area contributed by atoms with Gasteiger partial charge in [0.25, 0.3) is 5.56 Å². The fourth-order valence-corrected chi connectivity index (χ4v) is 3.56. The van der Waals surface area contributed by atoms with Gasteiger partial charge in [0.1, 0.15) is 0 Å². The highest BCUT2D eigenvalue weighted by Crippen LogP contribution is 2.18. The number of aromatic amines is 1. The van der Waals surface area contributed by atoms with Gasteiger partial charge in [-0.15, -0.1) is 0 Å². The van der Waals surface area contributed by atoms with Crippen LogP contribution in [0.3, 0.4) is 0 Å². The van der Waals surface area contributed by atoms with E-state index in [1.165, 1.54) is 0 Å². The number of aliphatic carboxylic acids is 2. The van der Waals surface area contributed by atoms with Gasteiger partial charge in [0, 0.05) is 30.1 Å². The third-order valence-electron chi connectivity index (χ3n) is 5.34. The molecular formula is C21H30N2O9. The molecule has 0 saturated carbocycles. The first-order chi connectivity index (χ1) is 14.6. The summed E-state index contributed by atoms with van der Waals surface area (Å²) in [6.45, 7) is 4.20. The molecule has 1 aromatic heterocycles. The number of carboxylic acids is 2. The van der Waals surface area contributed by atoms with E-state index in [1.807, 2.05) is 25.1 Å². The molecule has 1 aliphatic rings. The number of carboxylic acid groups (broad SMARTS) is 2. The van der Waals surface area contributed by atoms with Crippen LogP contribution in [-0.4, -0.2) is 90.8 Å². The number of likely N-dealkylation sites (tertiary alicyclic amines) is 1. The van der Waals surface area contributed by atoms with Crippen LogP contribution < -0.4 is 5.56 Å². The summed E-state index contributed by atoms with van der Waals surface area (Å²) in [5, 5.41) is 43.7. The summed E-state index contributed by atoms with van der Waals surface area (Å²) in [6.07, 6.45) is -1.49. The second-order valence-electron chi connectivity index (χ2n) is 7.49. The van der Waals surface area contributed by atoms with Crippen molar-refractivity contribution in [3.05, 3.63) is 45.9 Å². The highest BCUT2D eigenvalue weighted by Gasteiger charge is 2.29. The van der Waals surface area contributed by atoms with E-state index in [0.717, 1.165) is 54.4 Å². The molecule has 0 spiro atoms. The van der Waals surface area contributed by atoms with E-state index in [2.05, 4.69) is 16.0 Å². The minimum atomic E-state index is -2.27. The van der Waals surface area contributed by atoms with Crippen molar-refractivity contribution in [3.63, 3.8) is 0 Å². The first-order valence-electron chi connectivity index (χ1n) is 9.93. The van der Waals surface area contributed by atoms with E-state index in [9.17, 15) is 19.5 Å². The lowest BCUT2D eigenvalue weighted by molar-refractivity contribution is -0.165. The molecule has 1 aromatic carbocycles. The Morgan fingerprint density at radius 1 is 1.16 bits per heavy atom. The van der Waals surface area contributed by atoms with E-state index in [0.29, 0.717) is 6.04 Å². The number of carbonyl (C=O) groups is 2. The number of aliphatic hydroxyl groups excluding tert-OH is 3. The van der Waals surface area contributed by atoms with Gasteiger partial charge in [-0.25, -0.2) is 9.59 Å². The number of aromatic nitrogens is 1. The molecule has 3 atom stereocenters. The Balaban J connectivity index is 0.000000400. The monoisotopic (exact) mass is 454 g/mol. The van der Waals surface area contributed by atoms with Crippen LogP contribution in [0, 0.1) is 6.92 Å². The maximum absolute atomic E-state index is 12.2. The zero-order valence-corrected chi connectivity index (χ0v) is 17.7. The first kappa shape index (κ1) is 27.2. The third-order valence-corrected chi connectivity index (χ3v) is 5.34. The van der Waals surface area contributed by atoms with Gasteiger partial charge >= 0.3 is 11.9 Å². The van der Waals surface area contributed by atoms with Crippen LogP contribution in [0.5, 0.6) is 0 Å². The topological polar surface area (TPSA) is 203 Å². The number of aliphatic hydroxyl groups is 3. The van der Waals surface area contributed by atoms with Gasteiger partial charge in [-0.2, -0.15) is 0 Å². The number of hydrogen-bond acceptors (Lipinski definition) is 7. The molecule has 0 amide bonds. The molecule has 3 rings (SSSR count). The van der Waals surface area contributed by atoms with Crippen molar-refractivity contribution in [2.24, 2.45) is 0 Å². The summed E-state index contributed by atoms with van der Waals surface area (Å²) >= 11 is 0. The molecule has 11 heteroatoms. The fraction of sp³-hybridized carbons (Fsp3) is 0.476. The molecule has 8 N–H and O–H groups in total. The molecule has 2 aromatic rings. The molecule has 1 fully saturated rings. The van der Waals surface area contributed by atoms with Crippen molar-refractivity contribution in [3.8, 4) is 0 Å². The molecule has 178 valence electrons. The van der Waals surface area contributed by atoms with E-state index in [1.54, 1.807) is 0 Å². The number of nitrogens with one attached hydrogen (secondary N) is 1. The van der Waals surface area contributed by atoms with Crippen LogP contribution in [0.25, 0.3) is 10.8 Å². The zero-order chi connectivity index (χ0) is 23.1. The molecule has 0 bridgehead atoms. The average molecular weight is 454 g/mol. The van der Waals surface area contributed by atoms with Gasteiger partial charge in [0.15, 0.2) is 12.2 Å². The van der Waals surface area contributed by atoms with Crippen LogP contribution in [0.15, 0.2) is 29.1 Å². The summed E-state index contributed by atoms with van der Waals surface area (Å²) in [7, 11) is 0. The van der Waals surface area contributed by atoms with E-state index < -0.39 is 24.1 Å². The SMILES string of the molecule is Cc1cccc2c(=O)[nH]c(CCN3CCC[C@@H]3CO)cc12.O.O=C(O)[C@H](O)[C@@H](O)C(=O)O. The van der Waals surface area contributed by atoms with Crippen molar-refractivity contribution in [2.75, 3.05) is 19.7 Å². The lowest BCUT2D eigenvalue weighted by Gasteiger charge is -2.22. The Morgan fingerprint density at radius 3 is 2.34 bits per heavy atom. The Labute approximate surface area is 183 Å². The highest BCUT2D eigenvalue weighted by atomic mass is 16.4. The van der Waals surface area contributed by atoms with Gasteiger partial charge in [-0.05, 0) is 49.4 Å². The molecule has 11 nitrogen and oxygen atoms in total. The zero-order valence-electron chi connectivity index (χ0n) is 17.7. The molecule has 0 aliphatic carbocycles. The Hall–Kier alpha value is -2.83. The Kier molecular flexibility index (Phi) is 10.4. The van der Waals surface area contributed by atoms with Crippen molar-refractivity contribution in [1.82, 2.24) is 9.88 Å². The van der Waals surface area contributed by atoms with E-state index in [-0.39, 0.29) is 17.6 Å². The fourth-order valence-electron chi connectivity index (χ4n) is 3.56. The lowest BCUT2D eigenvalue weighted by atomic mass is 10.1. The van der Waals surface area contributed by atoms with E-state index in [4.69, 9.17) is 20.4 Å². The molecule has 32 heavy (non-hydrogen) atoms. The van der Waals surface area contributed by atoms with Gasteiger partial charge in [0.2, 0.25) is 0 Å². The number of nitrogens with zero attached hydrogens (tertiary/aromatic N) is 1. The molecule has 1 saturated heterocycles. The molecular weight excluding hydrogens is 424 g/mol. The quantitative estimate of drug-likeness (QED) is 0.300. The van der Waals surface area contributed by atoms with Crippen LogP contribution in [0.1, 0.15) is 24.1 Å². The molecule has 0 unspecified atom stereocenters. The van der Waals surface area contributed by atoms with Gasteiger partial charge in [0.05, 0.1) is 6.61 Å². The van der Waals surface area contributed by atoms with E-state index >= 15 is 0 Å². The van der Waals surface area contributed by atoms with Crippen LogP contribution in [0.4, 0.5) is 0 Å². The lowest BCUT2D eigenvalue weighted by Crippen LogP contribution is -2.39. The number of pyridine rings is 1. The maximum Gasteiger partial charge on any atom is 0.335 e. The number of H-pyrrole nitrogens is 1. The standard InChI is InChI=1S/C17H22N2O2.C4H6O6.H2O/c1-12-4-2-6-15-16(12)10-13(18-17(15)21)7-9-19-8-3-5-14(19)11-20;5-1(3(7)8)2(6)4(9)10;/h2,4,6,10,14,20H,3,5,7-9,11H2,1H3,(H,18,21);1-2,5-6H,(H,7,8)(H,9,10);1H2/t14-;1-,2-;/m11./s1. The van der Waals surface area contributed by atoms with Crippen LogP contribution in [-0.2, 0) is 16.0 Å². The number of benzene rings is 1. The average Bonchev–Trinajstić information content (AvgIpc) is 3.20. The smallest absolute Gasteiger partial charge is 0.335 e. The van der Waals surface area contributed by atoms with Gasteiger partial charge < -0.3 is 36.0 Å². The van der Waals surface area contributed by atoms with Crippen molar-refractivity contribution < 1.29 is 40.6 Å². The molecule has 0 radical (unpaired) electrons. The second-order valence-corrected chi connectivity index (χ2v) is 7.49. The first-order valence-corrected chi connectivity index (χ1v) is 9.93. The summed E-state index contributed by atoms with van der Waals surface area (Å²) in [6, 6.07) is 8.21. The van der Waals surface area contributed by atoms with Gasteiger partial charge in [-0.3, -0.25) is 9.69 Å². The minimum absolute atomic E-state index is 0. The Bertz CT molecular complexity index is 957. The summed E-state index contributed by atoms with van der Waals surface area (Å²) in [5.74, 6) is -3.54. The predicted molar refractivity (Wildman–Crippen MR) is 116 cm³/mol. The second kappa shape index (κ2) is 12.3. The van der Waals surface area contributed by atoms with Crippen molar-refractivity contribution >= 4 is 22.7 Å². The number of aryl methyl sites for hydroxylation is 1. The molecule has 1 aliphatic heterocycles. The minimum Gasteiger partial charge on any atom is -0.479 e. The Morgan fingerprint density at radius 2 is 1.78 bits per heavy atom. The van der Waals surface area contributed by atoms with Crippen LogP contribution in [0.2, 0.25) is 0 Å². The maximum atomic E-state index is 12.2. The number of rotatable bonds is 7. The van der Waals surface area contributed by atoms with Gasteiger partial charge in [-0.1, -0.05) is 12.1 Å². The summed E-state index contributed by atoms with van der Waals surface area (Å²) < 4.78 is 0. The predicted octanol–water partition coefficient (Wildman–Crippen LogP) is -1.11. The van der Waals surface area contributed by atoms with Crippen LogP contribution >= 0.6 is 0 Å². The van der Waals surface area contributed by atoms with Crippen molar-refractivity contribution in [1.29, 1.82) is 0 Å². The largest absolute Gasteiger partial charge is 0.479 e. The molecule has 2 heterocycles. The summed E-state index contributed by atoms with van der Waals surface area (Å²) in [4.78, 5) is 37.0. The normalized spacial score (nSPS) is 17.7. The number of fused-ring (bicyclic) bond motifs is 1. The van der Waals surface area contributed by atoms with Crippen molar-refractivity contribution in [2.45, 2.75) is 44.4 Å². The highest BCUT2D eigenvalue weighted by molar-refractivity contribution is 5.85. The summed E-state index contributed by atoms with van der Waals surface area (Å²) in [5.41, 5.74) is 2.10. The number of hydrogen-bond donors (Lipinski definition) is 6.